The van der Waals surface area contributed by atoms with Crippen molar-refractivity contribution in [1.29, 1.82) is 0 Å². The molecule has 5 heteroatoms. The van der Waals surface area contributed by atoms with E-state index in [9.17, 15) is 9.59 Å². The maximum Gasteiger partial charge on any atom is 0.317 e. The molecular weight excluding hydrogens is 292 g/mol. The molecule has 0 aromatic heterocycles. The van der Waals surface area contributed by atoms with Gasteiger partial charge >= 0.3 is 12.0 Å². The van der Waals surface area contributed by atoms with E-state index < -0.39 is 11.9 Å². The van der Waals surface area contributed by atoms with Crippen molar-refractivity contribution in [3.8, 4) is 0 Å². The standard InChI is InChI=1S/C18H24N2O3/c21-16(22)14-6-4-11-20(12-14)17(23)19-13-18(9-5-10-18)15-7-2-1-3-8-15/h1-3,7-8,14H,4-6,9-13H2,(H,19,23)(H,21,22). The zero-order valence-corrected chi connectivity index (χ0v) is 13.3. The van der Waals surface area contributed by atoms with Crippen molar-refractivity contribution in [2.24, 2.45) is 5.92 Å². The highest BCUT2D eigenvalue weighted by molar-refractivity contribution is 5.76. The number of hydrogen-bond acceptors (Lipinski definition) is 2. The normalized spacial score (nSPS) is 23.0. The molecule has 2 fully saturated rings. The highest BCUT2D eigenvalue weighted by Crippen LogP contribution is 2.43. The van der Waals surface area contributed by atoms with Gasteiger partial charge in [-0.05, 0) is 31.2 Å². The lowest BCUT2D eigenvalue weighted by Gasteiger charge is -2.43. The average Bonchev–Trinajstić information content (AvgIpc) is 2.55. The SMILES string of the molecule is O=C(O)C1CCCN(C(=O)NCC2(c3ccccc3)CCC2)C1. The van der Waals surface area contributed by atoms with Crippen LogP contribution >= 0.6 is 0 Å². The Bertz CT molecular complexity index is 569. The van der Waals surface area contributed by atoms with Crippen LogP contribution < -0.4 is 5.32 Å². The van der Waals surface area contributed by atoms with Gasteiger partial charge in [0, 0.05) is 25.0 Å². The third kappa shape index (κ3) is 3.33. The minimum atomic E-state index is -0.803. The number of carbonyl (C=O) groups excluding carboxylic acids is 1. The fourth-order valence-electron chi connectivity index (χ4n) is 3.68. The molecule has 1 aliphatic heterocycles. The summed E-state index contributed by atoms with van der Waals surface area (Å²) in [5, 5.41) is 12.2. The Morgan fingerprint density at radius 2 is 1.96 bits per heavy atom. The van der Waals surface area contributed by atoms with Crippen LogP contribution in [0.1, 0.15) is 37.7 Å². The van der Waals surface area contributed by atoms with Gasteiger partial charge in [-0.25, -0.2) is 4.79 Å². The van der Waals surface area contributed by atoms with E-state index in [0.717, 1.165) is 19.3 Å². The summed E-state index contributed by atoms with van der Waals surface area (Å²) < 4.78 is 0. The van der Waals surface area contributed by atoms with Crippen molar-refractivity contribution in [3.63, 3.8) is 0 Å². The number of benzene rings is 1. The fraction of sp³-hybridized carbons (Fsp3) is 0.556. The van der Waals surface area contributed by atoms with Crippen LogP contribution in [0.5, 0.6) is 0 Å². The lowest BCUT2D eigenvalue weighted by molar-refractivity contribution is -0.143. The van der Waals surface area contributed by atoms with Crippen molar-refractivity contribution in [2.45, 2.75) is 37.5 Å². The van der Waals surface area contributed by atoms with Crippen LogP contribution in [0.25, 0.3) is 0 Å². The summed E-state index contributed by atoms with van der Waals surface area (Å²) in [6.45, 7) is 1.59. The highest BCUT2D eigenvalue weighted by atomic mass is 16.4. The first-order valence-corrected chi connectivity index (χ1v) is 8.42. The maximum atomic E-state index is 12.4. The summed E-state index contributed by atoms with van der Waals surface area (Å²) in [5.74, 6) is -1.23. The van der Waals surface area contributed by atoms with E-state index in [1.807, 2.05) is 18.2 Å². The van der Waals surface area contributed by atoms with Gasteiger partial charge < -0.3 is 15.3 Å². The van der Waals surface area contributed by atoms with Gasteiger partial charge in [-0.3, -0.25) is 4.79 Å². The Hall–Kier alpha value is -2.04. The van der Waals surface area contributed by atoms with Crippen LogP contribution in [0.4, 0.5) is 4.79 Å². The average molecular weight is 316 g/mol. The van der Waals surface area contributed by atoms with E-state index in [4.69, 9.17) is 5.11 Å². The first-order chi connectivity index (χ1) is 11.1. The molecule has 5 nitrogen and oxygen atoms in total. The lowest BCUT2D eigenvalue weighted by atomic mass is 9.64. The molecule has 2 N–H and O–H groups in total. The Morgan fingerprint density at radius 3 is 2.57 bits per heavy atom. The van der Waals surface area contributed by atoms with E-state index in [1.165, 1.54) is 12.0 Å². The second kappa shape index (κ2) is 6.60. The van der Waals surface area contributed by atoms with Crippen LogP contribution in [-0.2, 0) is 10.2 Å². The quantitative estimate of drug-likeness (QED) is 0.897. The molecule has 1 unspecified atom stereocenters. The van der Waals surface area contributed by atoms with E-state index in [-0.39, 0.29) is 11.4 Å². The monoisotopic (exact) mass is 316 g/mol. The number of carboxylic acids is 1. The molecule has 0 radical (unpaired) electrons. The Morgan fingerprint density at radius 1 is 1.22 bits per heavy atom. The number of carbonyl (C=O) groups is 2. The molecule has 2 aliphatic rings. The van der Waals surface area contributed by atoms with Crippen LogP contribution in [-0.4, -0.2) is 41.6 Å². The van der Waals surface area contributed by atoms with E-state index in [2.05, 4.69) is 17.4 Å². The number of amides is 2. The molecule has 1 saturated carbocycles. The first kappa shape index (κ1) is 15.8. The van der Waals surface area contributed by atoms with E-state index in [1.54, 1.807) is 4.90 Å². The predicted octanol–water partition coefficient (Wildman–Crippen LogP) is 2.61. The summed E-state index contributed by atoms with van der Waals surface area (Å²) in [7, 11) is 0. The molecule has 23 heavy (non-hydrogen) atoms. The van der Waals surface area contributed by atoms with Crippen molar-refractivity contribution < 1.29 is 14.7 Å². The topological polar surface area (TPSA) is 69.6 Å². The molecule has 124 valence electrons. The minimum Gasteiger partial charge on any atom is -0.481 e. The third-order valence-electron chi connectivity index (χ3n) is 5.33. The van der Waals surface area contributed by atoms with Gasteiger partial charge in [-0.15, -0.1) is 0 Å². The molecular formula is C18H24N2O3. The lowest BCUT2D eigenvalue weighted by Crippen LogP contribution is -2.52. The minimum absolute atomic E-state index is 0.0545. The van der Waals surface area contributed by atoms with Gasteiger partial charge in [0.25, 0.3) is 0 Å². The number of nitrogens with one attached hydrogen (secondary N) is 1. The van der Waals surface area contributed by atoms with Crippen LogP contribution in [0.2, 0.25) is 0 Å². The number of piperidine rings is 1. The summed E-state index contributed by atoms with van der Waals surface area (Å²) in [4.78, 5) is 25.2. The van der Waals surface area contributed by atoms with Gasteiger partial charge in [-0.1, -0.05) is 36.8 Å². The molecule has 1 aliphatic carbocycles. The fourth-order valence-corrected chi connectivity index (χ4v) is 3.68. The second-order valence-corrected chi connectivity index (χ2v) is 6.78. The Balaban J connectivity index is 1.59. The highest BCUT2D eigenvalue weighted by Gasteiger charge is 2.39. The predicted molar refractivity (Wildman–Crippen MR) is 87.3 cm³/mol. The molecule has 3 rings (SSSR count). The molecule has 2 amide bonds. The van der Waals surface area contributed by atoms with E-state index in [0.29, 0.717) is 26.1 Å². The van der Waals surface area contributed by atoms with Gasteiger partial charge in [0.05, 0.1) is 5.92 Å². The maximum absolute atomic E-state index is 12.4. The summed E-state index contributed by atoms with van der Waals surface area (Å²) >= 11 is 0. The Labute approximate surface area is 136 Å². The number of hydrogen-bond donors (Lipinski definition) is 2. The van der Waals surface area contributed by atoms with Crippen LogP contribution in [0, 0.1) is 5.92 Å². The summed E-state index contributed by atoms with van der Waals surface area (Å²) in [6.07, 6.45) is 4.79. The number of rotatable bonds is 4. The Kier molecular flexibility index (Phi) is 4.55. The van der Waals surface area contributed by atoms with Crippen molar-refractivity contribution in [3.05, 3.63) is 35.9 Å². The molecule has 0 bridgehead atoms. The number of aliphatic carboxylic acids is 1. The molecule has 0 spiro atoms. The number of urea groups is 1. The second-order valence-electron chi connectivity index (χ2n) is 6.78. The van der Waals surface area contributed by atoms with Crippen LogP contribution in [0.15, 0.2) is 30.3 Å². The molecule has 1 aromatic carbocycles. The van der Waals surface area contributed by atoms with E-state index >= 15 is 0 Å². The van der Waals surface area contributed by atoms with Crippen LogP contribution in [0.3, 0.4) is 0 Å². The smallest absolute Gasteiger partial charge is 0.317 e. The zero-order valence-electron chi connectivity index (χ0n) is 13.3. The number of nitrogens with zero attached hydrogens (tertiary/aromatic N) is 1. The third-order valence-corrected chi connectivity index (χ3v) is 5.33. The van der Waals surface area contributed by atoms with Crippen molar-refractivity contribution in [2.75, 3.05) is 19.6 Å². The summed E-state index contributed by atoms with van der Waals surface area (Å²) in [6, 6.07) is 10.2. The molecule has 1 aromatic rings. The van der Waals surface area contributed by atoms with Gasteiger partial charge in [0.2, 0.25) is 0 Å². The number of likely N-dealkylation sites (tertiary alicyclic amines) is 1. The van der Waals surface area contributed by atoms with Gasteiger partial charge in [0.15, 0.2) is 0 Å². The largest absolute Gasteiger partial charge is 0.481 e. The first-order valence-electron chi connectivity index (χ1n) is 8.42. The molecule has 1 atom stereocenters. The zero-order chi connectivity index (χ0) is 16.3. The number of carboxylic acid groups (broad SMARTS) is 1. The molecule has 1 heterocycles. The summed E-state index contributed by atoms with van der Waals surface area (Å²) in [5.41, 5.74) is 1.34. The van der Waals surface area contributed by atoms with Crippen molar-refractivity contribution >= 4 is 12.0 Å². The molecule has 1 saturated heterocycles. The van der Waals surface area contributed by atoms with Gasteiger partial charge in [-0.2, -0.15) is 0 Å². The van der Waals surface area contributed by atoms with Crippen molar-refractivity contribution in [1.82, 2.24) is 10.2 Å². The van der Waals surface area contributed by atoms with Gasteiger partial charge in [0.1, 0.15) is 0 Å².